The standard InChI is InChI=1S/C19H23NO2S/c21-23(22,16-18-9-5-2-6-10-18)19-11-13-20(14-12-19)15-17-7-3-1-4-8-17/h1-10,19H,11-16H2. The molecule has 0 N–H and O–H groups in total. The van der Waals surface area contributed by atoms with Gasteiger partial charge in [0.25, 0.3) is 0 Å². The van der Waals surface area contributed by atoms with Crippen LogP contribution >= 0.6 is 0 Å². The second-order valence-corrected chi connectivity index (χ2v) is 8.53. The van der Waals surface area contributed by atoms with Crippen LogP contribution in [0.4, 0.5) is 0 Å². The maximum absolute atomic E-state index is 12.6. The Morgan fingerprint density at radius 3 is 1.91 bits per heavy atom. The number of likely N-dealkylation sites (tertiary alicyclic amines) is 1. The minimum absolute atomic E-state index is 0.164. The molecule has 1 aliphatic rings. The van der Waals surface area contributed by atoms with E-state index in [9.17, 15) is 8.42 Å². The molecule has 1 saturated heterocycles. The highest BCUT2D eigenvalue weighted by Gasteiger charge is 2.29. The predicted octanol–water partition coefficient (Wildman–Crippen LogP) is 3.27. The van der Waals surface area contributed by atoms with Gasteiger partial charge in [0.05, 0.1) is 11.0 Å². The summed E-state index contributed by atoms with van der Waals surface area (Å²) in [7, 11) is -3.06. The number of sulfone groups is 1. The molecule has 0 saturated carbocycles. The summed E-state index contributed by atoms with van der Waals surface area (Å²) in [5.74, 6) is 0.164. The number of hydrogen-bond donors (Lipinski definition) is 0. The Balaban J connectivity index is 1.56. The van der Waals surface area contributed by atoms with Gasteiger partial charge in [-0.2, -0.15) is 0 Å². The second kappa shape index (κ2) is 7.28. The molecule has 0 radical (unpaired) electrons. The number of rotatable bonds is 5. The molecular weight excluding hydrogens is 306 g/mol. The topological polar surface area (TPSA) is 37.4 Å². The fraction of sp³-hybridized carbons (Fsp3) is 0.368. The largest absolute Gasteiger partial charge is 0.299 e. The van der Waals surface area contributed by atoms with E-state index in [4.69, 9.17) is 0 Å². The minimum Gasteiger partial charge on any atom is -0.299 e. The van der Waals surface area contributed by atoms with Crippen LogP contribution in [0.2, 0.25) is 0 Å². The molecule has 0 atom stereocenters. The van der Waals surface area contributed by atoms with Gasteiger partial charge in [0.2, 0.25) is 0 Å². The zero-order chi connectivity index (χ0) is 16.1. The summed E-state index contributed by atoms with van der Waals surface area (Å²) in [4.78, 5) is 2.35. The normalized spacial score (nSPS) is 17.2. The fourth-order valence-corrected chi connectivity index (χ4v) is 5.01. The van der Waals surface area contributed by atoms with E-state index in [0.717, 1.165) is 38.0 Å². The Bertz CT molecular complexity index is 706. The number of hydrogen-bond acceptors (Lipinski definition) is 3. The van der Waals surface area contributed by atoms with Gasteiger partial charge in [-0.3, -0.25) is 4.90 Å². The first kappa shape index (κ1) is 16.2. The fourth-order valence-electron chi connectivity index (χ4n) is 3.19. The first-order valence-corrected chi connectivity index (χ1v) is 9.87. The quantitative estimate of drug-likeness (QED) is 0.845. The van der Waals surface area contributed by atoms with Crippen molar-refractivity contribution >= 4 is 9.84 Å². The molecular formula is C19H23NO2S. The third-order valence-corrected chi connectivity index (χ3v) is 6.72. The van der Waals surface area contributed by atoms with Gasteiger partial charge in [-0.25, -0.2) is 8.42 Å². The van der Waals surface area contributed by atoms with Crippen LogP contribution in [0, 0.1) is 0 Å². The second-order valence-electron chi connectivity index (χ2n) is 6.25. The highest BCUT2D eigenvalue weighted by Crippen LogP contribution is 2.22. The van der Waals surface area contributed by atoms with E-state index in [1.165, 1.54) is 5.56 Å². The monoisotopic (exact) mass is 329 g/mol. The average molecular weight is 329 g/mol. The van der Waals surface area contributed by atoms with E-state index >= 15 is 0 Å². The lowest BCUT2D eigenvalue weighted by Gasteiger charge is -2.31. The van der Waals surface area contributed by atoms with Gasteiger partial charge in [-0.1, -0.05) is 60.7 Å². The molecule has 0 amide bonds. The molecule has 0 unspecified atom stereocenters. The summed E-state index contributed by atoms with van der Waals surface area (Å²) < 4.78 is 25.2. The first-order valence-electron chi connectivity index (χ1n) is 8.15. The molecule has 1 fully saturated rings. The summed E-state index contributed by atoms with van der Waals surface area (Å²) in [6.07, 6.45) is 1.48. The van der Waals surface area contributed by atoms with Gasteiger partial charge in [0.1, 0.15) is 0 Å². The third-order valence-electron chi connectivity index (χ3n) is 4.50. The minimum atomic E-state index is -3.06. The molecule has 0 aromatic heterocycles. The molecule has 1 heterocycles. The van der Waals surface area contributed by atoms with Crippen molar-refractivity contribution in [1.82, 2.24) is 4.90 Å². The van der Waals surface area contributed by atoms with Gasteiger partial charge in [0.15, 0.2) is 9.84 Å². The van der Waals surface area contributed by atoms with Gasteiger partial charge < -0.3 is 0 Å². The molecule has 2 aromatic carbocycles. The molecule has 0 aliphatic carbocycles. The maximum Gasteiger partial charge on any atom is 0.157 e. The Labute approximate surface area is 138 Å². The molecule has 122 valence electrons. The van der Waals surface area contributed by atoms with E-state index in [1.54, 1.807) is 0 Å². The van der Waals surface area contributed by atoms with Crippen LogP contribution in [0.3, 0.4) is 0 Å². The molecule has 0 spiro atoms. The lowest BCUT2D eigenvalue weighted by atomic mass is 10.1. The maximum atomic E-state index is 12.6. The van der Waals surface area contributed by atoms with Gasteiger partial charge >= 0.3 is 0 Å². The molecule has 0 bridgehead atoms. The SMILES string of the molecule is O=S(=O)(Cc1ccccc1)C1CCN(Cc2ccccc2)CC1. The van der Waals surface area contributed by atoms with Gasteiger partial charge in [-0.15, -0.1) is 0 Å². The average Bonchev–Trinajstić information content (AvgIpc) is 2.57. The van der Waals surface area contributed by atoms with E-state index in [-0.39, 0.29) is 11.0 Å². The summed E-state index contributed by atoms with van der Waals surface area (Å²) in [5, 5.41) is -0.199. The van der Waals surface area contributed by atoms with Crippen LogP contribution in [-0.2, 0) is 22.1 Å². The molecule has 1 aliphatic heterocycles. The summed E-state index contributed by atoms with van der Waals surface area (Å²) >= 11 is 0. The Kier molecular flexibility index (Phi) is 5.13. The van der Waals surface area contributed by atoms with Crippen molar-refractivity contribution < 1.29 is 8.42 Å². The summed E-state index contributed by atoms with van der Waals surface area (Å²) in [6, 6.07) is 19.9. The van der Waals surface area contributed by atoms with Crippen molar-refractivity contribution in [3.8, 4) is 0 Å². The van der Waals surface area contributed by atoms with Gasteiger partial charge in [-0.05, 0) is 37.1 Å². The zero-order valence-electron chi connectivity index (χ0n) is 13.3. The van der Waals surface area contributed by atoms with Crippen molar-refractivity contribution in [1.29, 1.82) is 0 Å². The molecule has 3 nitrogen and oxygen atoms in total. The van der Waals surface area contributed by atoms with E-state index in [2.05, 4.69) is 17.0 Å². The summed E-state index contributed by atoms with van der Waals surface area (Å²) in [5.41, 5.74) is 2.18. The van der Waals surface area contributed by atoms with Crippen molar-refractivity contribution in [2.45, 2.75) is 30.4 Å². The summed E-state index contributed by atoms with van der Waals surface area (Å²) in [6.45, 7) is 2.62. The van der Waals surface area contributed by atoms with Crippen LogP contribution in [0.5, 0.6) is 0 Å². The lowest BCUT2D eigenvalue weighted by molar-refractivity contribution is 0.222. The highest BCUT2D eigenvalue weighted by atomic mass is 32.2. The van der Waals surface area contributed by atoms with E-state index in [1.807, 2.05) is 48.5 Å². The van der Waals surface area contributed by atoms with Crippen LogP contribution in [0.15, 0.2) is 60.7 Å². The smallest absolute Gasteiger partial charge is 0.157 e. The van der Waals surface area contributed by atoms with Crippen LogP contribution in [0.1, 0.15) is 24.0 Å². The van der Waals surface area contributed by atoms with E-state index in [0.29, 0.717) is 0 Å². The first-order chi connectivity index (χ1) is 11.1. The zero-order valence-corrected chi connectivity index (χ0v) is 14.1. The Hall–Kier alpha value is -1.65. The Morgan fingerprint density at radius 1 is 0.826 bits per heavy atom. The number of benzene rings is 2. The number of piperidine rings is 1. The molecule has 3 rings (SSSR count). The highest BCUT2D eigenvalue weighted by molar-refractivity contribution is 7.91. The van der Waals surface area contributed by atoms with Crippen LogP contribution < -0.4 is 0 Å². The predicted molar refractivity (Wildman–Crippen MR) is 93.8 cm³/mol. The van der Waals surface area contributed by atoms with Crippen molar-refractivity contribution in [2.75, 3.05) is 13.1 Å². The molecule has 2 aromatic rings. The van der Waals surface area contributed by atoms with Gasteiger partial charge in [0, 0.05) is 6.54 Å². The van der Waals surface area contributed by atoms with Crippen molar-refractivity contribution in [3.05, 3.63) is 71.8 Å². The third kappa shape index (κ3) is 4.43. The molecule has 4 heteroatoms. The Morgan fingerprint density at radius 2 is 1.35 bits per heavy atom. The molecule has 23 heavy (non-hydrogen) atoms. The number of nitrogens with zero attached hydrogens (tertiary/aromatic N) is 1. The van der Waals surface area contributed by atoms with Crippen LogP contribution in [0.25, 0.3) is 0 Å². The van der Waals surface area contributed by atoms with Crippen molar-refractivity contribution in [3.63, 3.8) is 0 Å². The lowest BCUT2D eigenvalue weighted by Crippen LogP contribution is -2.39. The van der Waals surface area contributed by atoms with Crippen molar-refractivity contribution in [2.24, 2.45) is 0 Å². The van der Waals surface area contributed by atoms with Crippen LogP contribution in [-0.4, -0.2) is 31.7 Å². The van der Waals surface area contributed by atoms with E-state index < -0.39 is 9.84 Å².